The van der Waals surface area contributed by atoms with E-state index in [1.807, 2.05) is 47.8 Å². The highest BCUT2D eigenvalue weighted by atomic mass is 16.3. The Hall–Kier alpha value is -3.13. The second-order valence-electron chi connectivity index (χ2n) is 7.54. The monoisotopic (exact) mass is 379 g/mol. The SMILES string of the molecule is Cc1[nH]nc2cc(Nc3nc4cccc(NC[C@@H]5CC[C@H](O)C5)n4n3)ccc12.[HH]. The van der Waals surface area contributed by atoms with Gasteiger partial charge in [0.05, 0.1) is 11.6 Å². The zero-order chi connectivity index (χ0) is 19.1. The highest BCUT2D eigenvalue weighted by Gasteiger charge is 2.22. The molecule has 5 rings (SSSR count). The fraction of sp³-hybridized carbons (Fsp3) is 0.350. The van der Waals surface area contributed by atoms with Crippen molar-refractivity contribution in [3.63, 3.8) is 0 Å². The number of aryl methyl sites for hydroxylation is 1. The Morgan fingerprint density at radius 1 is 1.29 bits per heavy atom. The van der Waals surface area contributed by atoms with Crippen LogP contribution >= 0.6 is 0 Å². The molecule has 1 aromatic carbocycles. The number of hydrogen-bond donors (Lipinski definition) is 4. The molecule has 3 aromatic heterocycles. The molecule has 8 heteroatoms. The fourth-order valence-electron chi connectivity index (χ4n) is 3.93. The number of H-pyrrole nitrogens is 1. The van der Waals surface area contributed by atoms with Crippen molar-refractivity contribution >= 4 is 34.0 Å². The van der Waals surface area contributed by atoms with Crippen LogP contribution in [-0.2, 0) is 0 Å². The molecule has 146 valence electrons. The Bertz CT molecular complexity index is 1140. The molecule has 3 heterocycles. The molecule has 4 aromatic rings. The number of nitrogens with zero attached hydrogens (tertiary/aromatic N) is 4. The summed E-state index contributed by atoms with van der Waals surface area (Å²) in [6, 6.07) is 11.9. The Morgan fingerprint density at radius 3 is 3.07 bits per heavy atom. The van der Waals surface area contributed by atoms with Crippen molar-refractivity contribution in [2.75, 3.05) is 17.2 Å². The smallest absolute Gasteiger partial charge is 0.247 e. The minimum Gasteiger partial charge on any atom is -0.393 e. The van der Waals surface area contributed by atoms with Crippen LogP contribution in [0.15, 0.2) is 36.4 Å². The summed E-state index contributed by atoms with van der Waals surface area (Å²) in [5.41, 5.74) is 3.63. The highest BCUT2D eigenvalue weighted by molar-refractivity contribution is 5.85. The van der Waals surface area contributed by atoms with Gasteiger partial charge in [-0.3, -0.25) is 5.10 Å². The van der Waals surface area contributed by atoms with Crippen molar-refractivity contribution in [1.29, 1.82) is 0 Å². The quantitative estimate of drug-likeness (QED) is 0.423. The first kappa shape index (κ1) is 17.0. The van der Waals surface area contributed by atoms with Gasteiger partial charge in [-0.2, -0.15) is 14.6 Å². The molecule has 0 radical (unpaired) electrons. The van der Waals surface area contributed by atoms with Crippen LogP contribution in [0.1, 0.15) is 26.4 Å². The molecule has 1 fully saturated rings. The van der Waals surface area contributed by atoms with Crippen molar-refractivity contribution in [2.45, 2.75) is 32.3 Å². The topological polar surface area (TPSA) is 103 Å². The summed E-state index contributed by atoms with van der Waals surface area (Å²) >= 11 is 0. The maximum absolute atomic E-state index is 9.71. The summed E-state index contributed by atoms with van der Waals surface area (Å²) in [6.45, 7) is 2.83. The Morgan fingerprint density at radius 2 is 2.21 bits per heavy atom. The molecule has 28 heavy (non-hydrogen) atoms. The van der Waals surface area contributed by atoms with Crippen molar-refractivity contribution < 1.29 is 6.53 Å². The molecular weight excluding hydrogens is 354 g/mol. The lowest BCUT2D eigenvalue weighted by Gasteiger charge is -2.12. The second-order valence-corrected chi connectivity index (χ2v) is 7.54. The van der Waals surface area contributed by atoms with Gasteiger partial charge in [-0.15, -0.1) is 5.10 Å². The predicted octanol–water partition coefficient (Wildman–Crippen LogP) is 3.48. The zero-order valence-corrected chi connectivity index (χ0v) is 15.7. The summed E-state index contributed by atoms with van der Waals surface area (Å²) in [7, 11) is 0. The van der Waals surface area contributed by atoms with E-state index < -0.39 is 0 Å². The van der Waals surface area contributed by atoms with Crippen molar-refractivity contribution in [3.8, 4) is 0 Å². The van der Waals surface area contributed by atoms with Gasteiger partial charge in [-0.1, -0.05) is 6.07 Å². The van der Waals surface area contributed by atoms with E-state index in [1.54, 1.807) is 0 Å². The standard InChI is InChI=1S/C20H23N7O.H2/c1-12-16-8-6-14(10-17(16)25-24-12)22-20-23-19-4-2-3-18(27(19)26-20)21-11-13-5-7-15(28)9-13;/h2-4,6,8,10,13,15,21,28H,5,7,9,11H2,1H3,(H,22,26)(H,24,25);1H/t13-,15+;/m1./s1. The van der Waals surface area contributed by atoms with Crippen LogP contribution < -0.4 is 10.6 Å². The van der Waals surface area contributed by atoms with Crippen molar-refractivity contribution in [2.24, 2.45) is 5.92 Å². The average molecular weight is 379 g/mol. The number of fused-ring (bicyclic) bond motifs is 2. The number of benzene rings is 1. The Balaban J connectivity index is 0.00000205. The normalized spacial score (nSPS) is 19.5. The van der Waals surface area contributed by atoms with Crippen LogP contribution in [0, 0.1) is 12.8 Å². The number of aromatic amines is 1. The Kier molecular flexibility index (Phi) is 4.12. The van der Waals surface area contributed by atoms with Crippen LogP contribution in [0.3, 0.4) is 0 Å². The van der Waals surface area contributed by atoms with Gasteiger partial charge in [0.15, 0.2) is 5.65 Å². The molecule has 1 saturated carbocycles. The third-order valence-corrected chi connectivity index (χ3v) is 5.45. The summed E-state index contributed by atoms with van der Waals surface area (Å²) < 4.78 is 1.81. The molecule has 0 aliphatic heterocycles. The van der Waals surface area contributed by atoms with Gasteiger partial charge in [0.1, 0.15) is 5.82 Å². The van der Waals surface area contributed by atoms with Gasteiger partial charge in [-0.25, -0.2) is 0 Å². The summed E-state index contributed by atoms with van der Waals surface area (Å²) in [5.74, 6) is 1.94. The first-order valence-corrected chi connectivity index (χ1v) is 9.65. The summed E-state index contributed by atoms with van der Waals surface area (Å²) in [4.78, 5) is 4.58. The molecule has 0 bridgehead atoms. The average Bonchev–Trinajstić information content (AvgIpc) is 3.39. The molecule has 0 spiro atoms. The number of hydrogen-bond acceptors (Lipinski definition) is 6. The lowest BCUT2D eigenvalue weighted by atomic mass is 10.1. The maximum Gasteiger partial charge on any atom is 0.247 e. The van der Waals surface area contributed by atoms with Crippen LogP contribution in [-0.4, -0.2) is 42.6 Å². The summed E-state index contributed by atoms with van der Waals surface area (Å²) in [6.07, 6.45) is 2.67. The number of nitrogens with one attached hydrogen (secondary N) is 3. The van der Waals surface area contributed by atoms with E-state index in [9.17, 15) is 5.11 Å². The molecule has 1 aliphatic carbocycles. The number of rotatable bonds is 5. The van der Waals surface area contributed by atoms with E-state index in [4.69, 9.17) is 0 Å². The fourth-order valence-corrected chi connectivity index (χ4v) is 3.93. The molecule has 8 nitrogen and oxygen atoms in total. The van der Waals surface area contributed by atoms with E-state index in [0.29, 0.717) is 11.9 Å². The predicted molar refractivity (Wildman–Crippen MR) is 111 cm³/mol. The van der Waals surface area contributed by atoms with E-state index in [-0.39, 0.29) is 7.53 Å². The minimum atomic E-state index is -0.152. The third kappa shape index (κ3) is 3.16. The van der Waals surface area contributed by atoms with E-state index >= 15 is 0 Å². The van der Waals surface area contributed by atoms with E-state index in [2.05, 4.69) is 30.9 Å². The maximum atomic E-state index is 9.71. The third-order valence-electron chi connectivity index (χ3n) is 5.45. The first-order valence-electron chi connectivity index (χ1n) is 9.65. The van der Waals surface area contributed by atoms with E-state index in [1.165, 1.54) is 0 Å². The zero-order valence-electron chi connectivity index (χ0n) is 15.7. The number of anilines is 3. The highest BCUT2D eigenvalue weighted by Crippen LogP contribution is 2.26. The lowest BCUT2D eigenvalue weighted by molar-refractivity contribution is 0.178. The van der Waals surface area contributed by atoms with Gasteiger partial charge in [-0.05, 0) is 62.4 Å². The van der Waals surface area contributed by atoms with E-state index in [0.717, 1.165) is 59.6 Å². The molecular formula is C20H25N7O. The van der Waals surface area contributed by atoms with Crippen LogP contribution in [0.2, 0.25) is 0 Å². The first-order chi connectivity index (χ1) is 13.7. The number of aliphatic hydroxyl groups excluding tert-OH is 1. The number of aromatic nitrogens is 5. The van der Waals surface area contributed by atoms with Gasteiger partial charge in [0.2, 0.25) is 5.95 Å². The molecule has 4 N–H and O–H groups in total. The van der Waals surface area contributed by atoms with Gasteiger partial charge < -0.3 is 15.7 Å². The molecule has 0 amide bonds. The van der Waals surface area contributed by atoms with Crippen molar-refractivity contribution in [1.82, 2.24) is 24.8 Å². The molecule has 0 saturated heterocycles. The lowest BCUT2D eigenvalue weighted by Crippen LogP contribution is -2.14. The molecule has 2 atom stereocenters. The largest absolute Gasteiger partial charge is 0.393 e. The van der Waals surface area contributed by atoms with Gasteiger partial charge in [0.25, 0.3) is 0 Å². The second kappa shape index (κ2) is 6.79. The Labute approximate surface area is 163 Å². The number of aliphatic hydroxyl groups is 1. The minimum absolute atomic E-state index is 0. The van der Waals surface area contributed by atoms with Gasteiger partial charge in [0, 0.05) is 24.7 Å². The van der Waals surface area contributed by atoms with Crippen LogP contribution in [0.25, 0.3) is 16.6 Å². The summed E-state index contributed by atoms with van der Waals surface area (Å²) in [5, 5.41) is 29.5. The molecule has 1 aliphatic rings. The van der Waals surface area contributed by atoms with Crippen molar-refractivity contribution in [3.05, 3.63) is 42.1 Å². The molecule has 0 unspecified atom stereocenters. The van der Waals surface area contributed by atoms with Crippen LogP contribution in [0.4, 0.5) is 17.5 Å². The van der Waals surface area contributed by atoms with Gasteiger partial charge >= 0.3 is 0 Å². The van der Waals surface area contributed by atoms with Crippen LogP contribution in [0.5, 0.6) is 0 Å². The number of pyridine rings is 1.